The average Bonchev–Trinajstić information content (AvgIpc) is 2.28. The van der Waals surface area contributed by atoms with Crippen LogP contribution in [0.25, 0.3) is 0 Å². The molecular formula is C15H24N2O. The average molecular weight is 248 g/mol. The first-order chi connectivity index (χ1) is 8.49. The van der Waals surface area contributed by atoms with Crippen molar-refractivity contribution in [1.82, 2.24) is 5.32 Å². The second kappa shape index (κ2) is 7.04. The molecule has 0 spiro atoms. The molecule has 0 radical (unpaired) electrons. The zero-order chi connectivity index (χ0) is 13.5. The number of nitrogens with one attached hydrogen (secondary N) is 2. The van der Waals surface area contributed by atoms with Crippen molar-refractivity contribution in [2.24, 2.45) is 5.92 Å². The zero-order valence-corrected chi connectivity index (χ0v) is 11.8. The molecule has 0 aromatic heterocycles. The first-order valence-electron chi connectivity index (χ1n) is 6.64. The molecular weight excluding hydrogens is 224 g/mol. The lowest BCUT2D eigenvalue weighted by atomic mass is 10.1. The fourth-order valence-electron chi connectivity index (χ4n) is 1.62. The standard InChI is InChI=1S/C15H24N2O/c1-11(2)8-9-16-14-7-5-6-13(10-14)15(18)17-12(3)4/h5-7,10-12,16H,8-9H2,1-4H3,(H,17,18). The van der Waals surface area contributed by atoms with E-state index in [0.717, 1.165) is 18.7 Å². The maximum absolute atomic E-state index is 11.9. The largest absolute Gasteiger partial charge is 0.385 e. The Morgan fingerprint density at radius 3 is 2.56 bits per heavy atom. The van der Waals surface area contributed by atoms with Gasteiger partial charge in [0.05, 0.1) is 0 Å². The van der Waals surface area contributed by atoms with Crippen molar-refractivity contribution in [3.63, 3.8) is 0 Å². The van der Waals surface area contributed by atoms with Crippen molar-refractivity contribution in [2.45, 2.75) is 40.2 Å². The third kappa shape index (κ3) is 5.21. The summed E-state index contributed by atoms with van der Waals surface area (Å²) >= 11 is 0. The van der Waals surface area contributed by atoms with Crippen LogP contribution in [0.3, 0.4) is 0 Å². The van der Waals surface area contributed by atoms with E-state index in [4.69, 9.17) is 0 Å². The van der Waals surface area contributed by atoms with E-state index in [-0.39, 0.29) is 11.9 Å². The van der Waals surface area contributed by atoms with Crippen LogP contribution in [0, 0.1) is 5.92 Å². The van der Waals surface area contributed by atoms with Crippen LogP contribution in [0.15, 0.2) is 24.3 Å². The second-order valence-corrected chi connectivity index (χ2v) is 5.32. The molecule has 1 aromatic rings. The van der Waals surface area contributed by atoms with E-state index < -0.39 is 0 Å². The SMILES string of the molecule is CC(C)CCNc1cccc(C(=O)NC(C)C)c1. The third-order valence-electron chi connectivity index (χ3n) is 2.60. The molecule has 1 rings (SSSR count). The van der Waals surface area contributed by atoms with Gasteiger partial charge in [0.15, 0.2) is 0 Å². The highest BCUT2D eigenvalue weighted by atomic mass is 16.1. The zero-order valence-electron chi connectivity index (χ0n) is 11.8. The van der Waals surface area contributed by atoms with Gasteiger partial charge < -0.3 is 10.6 Å². The van der Waals surface area contributed by atoms with Crippen LogP contribution in [-0.2, 0) is 0 Å². The topological polar surface area (TPSA) is 41.1 Å². The molecule has 0 atom stereocenters. The number of hydrogen-bond donors (Lipinski definition) is 2. The Labute approximate surface area is 110 Å². The molecule has 0 saturated heterocycles. The number of carbonyl (C=O) groups is 1. The van der Waals surface area contributed by atoms with E-state index in [9.17, 15) is 4.79 Å². The molecule has 3 nitrogen and oxygen atoms in total. The fraction of sp³-hybridized carbons (Fsp3) is 0.533. The van der Waals surface area contributed by atoms with Crippen molar-refractivity contribution in [2.75, 3.05) is 11.9 Å². The minimum atomic E-state index is -0.0162. The van der Waals surface area contributed by atoms with E-state index in [1.165, 1.54) is 0 Å². The highest BCUT2D eigenvalue weighted by Crippen LogP contribution is 2.11. The second-order valence-electron chi connectivity index (χ2n) is 5.32. The van der Waals surface area contributed by atoms with Crippen LogP contribution in [0.1, 0.15) is 44.5 Å². The predicted molar refractivity (Wildman–Crippen MR) is 77.0 cm³/mol. The molecule has 1 aromatic carbocycles. The van der Waals surface area contributed by atoms with Crippen LogP contribution >= 0.6 is 0 Å². The van der Waals surface area contributed by atoms with Gasteiger partial charge in [0.2, 0.25) is 0 Å². The lowest BCUT2D eigenvalue weighted by Gasteiger charge is -2.11. The van der Waals surface area contributed by atoms with Crippen molar-refractivity contribution in [3.05, 3.63) is 29.8 Å². The number of carbonyl (C=O) groups excluding carboxylic acids is 1. The summed E-state index contributed by atoms with van der Waals surface area (Å²) in [4.78, 5) is 11.9. The van der Waals surface area contributed by atoms with Crippen LogP contribution in [0.2, 0.25) is 0 Å². The maximum atomic E-state index is 11.9. The lowest BCUT2D eigenvalue weighted by molar-refractivity contribution is 0.0943. The molecule has 0 aliphatic heterocycles. The molecule has 0 bridgehead atoms. The highest BCUT2D eigenvalue weighted by Gasteiger charge is 2.07. The number of rotatable bonds is 6. The maximum Gasteiger partial charge on any atom is 0.251 e. The number of amides is 1. The van der Waals surface area contributed by atoms with Gasteiger partial charge in [-0.1, -0.05) is 19.9 Å². The lowest BCUT2D eigenvalue weighted by Crippen LogP contribution is -2.30. The molecule has 100 valence electrons. The van der Waals surface area contributed by atoms with Gasteiger partial charge in [0, 0.05) is 23.8 Å². The highest BCUT2D eigenvalue weighted by molar-refractivity contribution is 5.95. The quantitative estimate of drug-likeness (QED) is 0.811. The number of anilines is 1. The third-order valence-corrected chi connectivity index (χ3v) is 2.60. The normalized spacial score (nSPS) is 10.8. The molecule has 0 unspecified atom stereocenters. The van der Waals surface area contributed by atoms with Gasteiger partial charge in [-0.2, -0.15) is 0 Å². The summed E-state index contributed by atoms with van der Waals surface area (Å²) in [5.41, 5.74) is 1.71. The molecule has 18 heavy (non-hydrogen) atoms. The minimum absolute atomic E-state index is 0.0162. The predicted octanol–water partition coefficient (Wildman–Crippen LogP) is 3.28. The first-order valence-corrected chi connectivity index (χ1v) is 6.64. The van der Waals surface area contributed by atoms with Crippen LogP contribution in [0.5, 0.6) is 0 Å². The van der Waals surface area contributed by atoms with E-state index >= 15 is 0 Å². The fourth-order valence-corrected chi connectivity index (χ4v) is 1.62. The summed E-state index contributed by atoms with van der Waals surface area (Å²) < 4.78 is 0. The minimum Gasteiger partial charge on any atom is -0.385 e. The Morgan fingerprint density at radius 1 is 1.22 bits per heavy atom. The Kier molecular flexibility index (Phi) is 5.69. The molecule has 0 aliphatic rings. The van der Waals surface area contributed by atoms with Crippen molar-refractivity contribution >= 4 is 11.6 Å². The van der Waals surface area contributed by atoms with E-state index in [2.05, 4.69) is 24.5 Å². The summed E-state index contributed by atoms with van der Waals surface area (Å²) in [6.45, 7) is 9.26. The van der Waals surface area contributed by atoms with Gasteiger partial charge in [0.1, 0.15) is 0 Å². The van der Waals surface area contributed by atoms with Crippen LogP contribution < -0.4 is 10.6 Å². The van der Waals surface area contributed by atoms with Gasteiger partial charge >= 0.3 is 0 Å². The van der Waals surface area contributed by atoms with Gasteiger partial charge in [-0.25, -0.2) is 0 Å². The molecule has 0 saturated carbocycles. The Hall–Kier alpha value is -1.51. The smallest absolute Gasteiger partial charge is 0.251 e. The first kappa shape index (κ1) is 14.6. The summed E-state index contributed by atoms with van der Waals surface area (Å²) in [6.07, 6.45) is 1.13. The number of hydrogen-bond acceptors (Lipinski definition) is 2. The summed E-state index contributed by atoms with van der Waals surface area (Å²) in [6, 6.07) is 7.80. The summed E-state index contributed by atoms with van der Waals surface area (Å²) in [7, 11) is 0. The molecule has 0 heterocycles. The van der Waals surface area contributed by atoms with E-state index in [1.807, 2.05) is 38.1 Å². The molecule has 0 fully saturated rings. The van der Waals surface area contributed by atoms with Gasteiger partial charge in [-0.15, -0.1) is 0 Å². The van der Waals surface area contributed by atoms with Crippen LogP contribution in [0.4, 0.5) is 5.69 Å². The molecule has 3 heteroatoms. The van der Waals surface area contributed by atoms with Gasteiger partial charge in [0.25, 0.3) is 5.91 Å². The molecule has 0 aliphatic carbocycles. The number of benzene rings is 1. The van der Waals surface area contributed by atoms with Crippen molar-refractivity contribution < 1.29 is 4.79 Å². The molecule has 2 N–H and O–H groups in total. The Balaban J connectivity index is 2.59. The van der Waals surface area contributed by atoms with Gasteiger partial charge in [-0.05, 0) is 44.4 Å². The summed E-state index contributed by atoms with van der Waals surface area (Å²) in [5.74, 6) is 0.669. The Bertz CT molecular complexity index is 386. The van der Waals surface area contributed by atoms with E-state index in [0.29, 0.717) is 11.5 Å². The monoisotopic (exact) mass is 248 g/mol. The molecule has 1 amide bonds. The van der Waals surface area contributed by atoms with Crippen molar-refractivity contribution in [3.8, 4) is 0 Å². The summed E-state index contributed by atoms with van der Waals surface area (Å²) in [5, 5.41) is 6.24. The Morgan fingerprint density at radius 2 is 1.94 bits per heavy atom. The van der Waals surface area contributed by atoms with Crippen LogP contribution in [-0.4, -0.2) is 18.5 Å². The van der Waals surface area contributed by atoms with Crippen molar-refractivity contribution in [1.29, 1.82) is 0 Å². The van der Waals surface area contributed by atoms with Gasteiger partial charge in [-0.3, -0.25) is 4.79 Å². The van der Waals surface area contributed by atoms with E-state index in [1.54, 1.807) is 0 Å².